The summed E-state index contributed by atoms with van der Waals surface area (Å²) in [7, 11) is 3.77. The van der Waals surface area contributed by atoms with E-state index in [0.717, 1.165) is 11.5 Å². The second kappa shape index (κ2) is 4.42. The van der Waals surface area contributed by atoms with Gasteiger partial charge in [-0.3, -0.25) is 10.5 Å². The molecule has 1 unspecified atom stereocenters. The van der Waals surface area contributed by atoms with Crippen LogP contribution in [-0.2, 0) is 20.5 Å². The highest BCUT2D eigenvalue weighted by Gasteiger charge is 2.16. The van der Waals surface area contributed by atoms with Gasteiger partial charge in [0, 0.05) is 39.1 Å². The second-order valence-electron chi connectivity index (χ2n) is 3.70. The third kappa shape index (κ3) is 2.10. The van der Waals surface area contributed by atoms with Gasteiger partial charge >= 0.3 is 0 Å². The fourth-order valence-electron chi connectivity index (χ4n) is 1.64. The molecule has 0 aliphatic heterocycles. The molecule has 0 aromatic carbocycles. The number of aromatic nitrogens is 5. The van der Waals surface area contributed by atoms with Gasteiger partial charge in [-0.1, -0.05) is 5.21 Å². The van der Waals surface area contributed by atoms with Crippen molar-refractivity contribution in [3.05, 3.63) is 30.1 Å². The Kier molecular flexibility index (Phi) is 2.97. The van der Waals surface area contributed by atoms with Crippen LogP contribution in [0.15, 0.2) is 18.6 Å². The summed E-state index contributed by atoms with van der Waals surface area (Å²) < 4.78 is 3.60. The minimum Gasteiger partial charge on any atom is -0.337 e. The lowest BCUT2D eigenvalue weighted by Crippen LogP contribution is -2.31. The van der Waals surface area contributed by atoms with E-state index in [9.17, 15) is 0 Å². The molecular weight excluding hydrogens is 206 g/mol. The van der Waals surface area contributed by atoms with E-state index in [4.69, 9.17) is 5.84 Å². The van der Waals surface area contributed by atoms with Crippen molar-refractivity contribution < 1.29 is 0 Å². The van der Waals surface area contributed by atoms with Crippen molar-refractivity contribution >= 4 is 0 Å². The third-order valence-electron chi connectivity index (χ3n) is 2.43. The Labute approximate surface area is 93.2 Å². The molecule has 2 aromatic rings. The molecule has 0 amide bonds. The Morgan fingerprint density at radius 3 is 2.81 bits per heavy atom. The normalized spacial score (nSPS) is 12.9. The Morgan fingerprint density at radius 2 is 2.31 bits per heavy atom. The van der Waals surface area contributed by atoms with E-state index in [0.29, 0.717) is 6.42 Å². The molecule has 0 aliphatic carbocycles. The molecule has 7 heteroatoms. The predicted octanol–water partition coefficient (Wildman–Crippen LogP) is -0.704. The second-order valence-corrected chi connectivity index (χ2v) is 3.70. The molecule has 0 aliphatic rings. The monoisotopic (exact) mass is 221 g/mol. The first-order valence-corrected chi connectivity index (χ1v) is 4.99. The van der Waals surface area contributed by atoms with E-state index < -0.39 is 0 Å². The summed E-state index contributed by atoms with van der Waals surface area (Å²) in [5.74, 6) is 6.41. The molecule has 16 heavy (non-hydrogen) atoms. The Hall–Kier alpha value is -1.73. The van der Waals surface area contributed by atoms with E-state index in [2.05, 4.69) is 20.7 Å². The van der Waals surface area contributed by atoms with Crippen molar-refractivity contribution in [3.63, 3.8) is 0 Å². The molecule has 0 saturated heterocycles. The fourth-order valence-corrected chi connectivity index (χ4v) is 1.64. The number of nitrogens with two attached hydrogens (primary N) is 1. The number of rotatable bonds is 4. The molecule has 1 atom stereocenters. The summed E-state index contributed by atoms with van der Waals surface area (Å²) in [5, 5.41) is 7.90. The Morgan fingerprint density at radius 1 is 1.50 bits per heavy atom. The maximum atomic E-state index is 5.53. The Bertz CT molecular complexity index is 458. The average molecular weight is 221 g/mol. The minimum atomic E-state index is -0.0586. The first kappa shape index (κ1) is 10.8. The highest BCUT2D eigenvalue weighted by Crippen LogP contribution is 2.13. The fraction of sp³-hybridized carbons (Fsp3) is 0.444. The summed E-state index contributed by atoms with van der Waals surface area (Å²) >= 11 is 0. The van der Waals surface area contributed by atoms with Gasteiger partial charge in [0.05, 0.1) is 11.7 Å². The van der Waals surface area contributed by atoms with Crippen LogP contribution in [-0.4, -0.2) is 24.5 Å². The molecule has 0 fully saturated rings. The van der Waals surface area contributed by atoms with Crippen LogP contribution < -0.4 is 11.3 Å². The number of hydrogen-bond acceptors (Lipinski definition) is 5. The highest BCUT2D eigenvalue weighted by molar-refractivity contribution is 5.04. The van der Waals surface area contributed by atoms with Gasteiger partial charge < -0.3 is 4.57 Å². The van der Waals surface area contributed by atoms with Gasteiger partial charge in [0.2, 0.25) is 0 Å². The van der Waals surface area contributed by atoms with E-state index in [-0.39, 0.29) is 6.04 Å². The van der Waals surface area contributed by atoms with Gasteiger partial charge in [0.1, 0.15) is 5.82 Å². The lowest BCUT2D eigenvalue weighted by molar-refractivity contribution is 0.502. The summed E-state index contributed by atoms with van der Waals surface area (Å²) in [6.45, 7) is 0. The molecule has 0 radical (unpaired) electrons. The molecule has 2 heterocycles. The number of aryl methyl sites for hydroxylation is 2. The zero-order valence-electron chi connectivity index (χ0n) is 9.33. The topological polar surface area (TPSA) is 86.6 Å². The smallest absolute Gasteiger partial charge is 0.127 e. The number of nitrogens with zero attached hydrogens (tertiary/aromatic N) is 5. The first-order valence-electron chi connectivity index (χ1n) is 4.99. The molecule has 2 aromatic heterocycles. The van der Waals surface area contributed by atoms with Crippen molar-refractivity contribution in [1.82, 2.24) is 30.0 Å². The number of nitrogens with one attached hydrogen (secondary N) is 1. The van der Waals surface area contributed by atoms with E-state index in [1.165, 1.54) is 0 Å². The van der Waals surface area contributed by atoms with Crippen molar-refractivity contribution in [1.29, 1.82) is 0 Å². The number of imidazole rings is 1. The van der Waals surface area contributed by atoms with Gasteiger partial charge in [-0.15, -0.1) is 5.10 Å². The van der Waals surface area contributed by atoms with Crippen molar-refractivity contribution in [2.45, 2.75) is 12.5 Å². The molecule has 0 saturated carbocycles. The molecule has 2 rings (SSSR count). The molecule has 86 valence electrons. The van der Waals surface area contributed by atoms with Crippen LogP contribution in [0.1, 0.15) is 17.6 Å². The molecule has 7 nitrogen and oxygen atoms in total. The van der Waals surface area contributed by atoms with Crippen LogP contribution in [0.3, 0.4) is 0 Å². The van der Waals surface area contributed by atoms with Crippen LogP contribution in [0.2, 0.25) is 0 Å². The summed E-state index contributed by atoms with van der Waals surface area (Å²) in [5.41, 5.74) is 3.63. The molecule has 0 spiro atoms. The summed E-state index contributed by atoms with van der Waals surface area (Å²) in [6, 6.07) is -0.0586. The zero-order chi connectivity index (χ0) is 11.5. The molecule has 0 bridgehead atoms. The van der Waals surface area contributed by atoms with Crippen LogP contribution in [0.5, 0.6) is 0 Å². The van der Waals surface area contributed by atoms with E-state index in [1.807, 2.05) is 31.1 Å². The van der Waals surface area contributed by atoms with Crippen LogP contribution in [0.4, 0.5) is 0 Å². The lowest BCUT2D eigenvalue weighted by Gasteiger charge is -2.13. The third-order valence-corrected chi connectivity index (χ3v) is 2.43. The maximum Gasteiger partial charge on any atom is 0.127 e. The van der Waals surface area contributed by atoms with E-state index in [1.54, 1.807) is 10.9 Å². The largest absolute Gasteiger partial charge is 0.337 e. The lowest BCUT2D eigenvalue weighted by atomic mass is 10.1. The summed E-state index contributed by atoms with van der Waals surface area (Å²) in [6.07, 6.45) is 6.16. The highest BCUT2D eigenvalue weighted by atomic mass is 15.4. The van der Waals surface area contributed by atoms with Gasteiger partial charge in [0.25, 0.3) is 0 Å². The van der Waals surface area contributed by atoms with Crippen molar-refractivity contribution in [2.75, 3.05) is 0 Å². The summed E-state index contributed by atoms with van der Waals surface area (Å²) in [4.78, 5) is 4.26. The predicted molar refractivity (Wildman–Crippen MR) is 58.0 cm³/mol. The number of hydrogen-bond donors (Lipinski definition) is 2. The zero-order valence-corrected chi connectivity index (χ0v) is 9.33. The minimum absolute atomic E-state index is 0.0586. The quantitative estimate of drug-likeness (QED) is 0.526. The van der Waals surface area contributed by atoms with Gasteiger partial charge in [-0.25, -0.2) is 10.4 Å². The van der Waals surface area contributed by atoms with Crippen LogP contribution >= 0.6 is 0 Å². The Balaban J connectivity index is 2.15. The SMILES string of the molecule is Cn1cc(CC(NN)c2nccn2C)nn1. The van der Waals surface area contributed by atoms with Crippen LogP contribution in [0, 0.1) is 0 Å². The van der Waals surface area contributed by atoms with E-state index >= 15 is 0 Å². The van der Waals surface area contributed by atoms with Crippen LogP contribution in [0.25, 0.3) is 0 Å². The number of hydrazine groups is 1. The molecule has 3 N–H and O–H groups in total. The van der Waals surface area contributed by atoms with Gasteiger partial charge in [0.15, 0.2) is 0 Å². The van der Waals surface area contributed by atoms with Gasteiger partial charge in [-0.05, 0) is 0 Å². The average Bonchev–Trinajstić information content (AvgIpc) is 2.84. The van der Waals surface area contributed by atoms with Crippen molar-refractivity contribution in [2.24, 2.45) is 19.9 Å². The molecular formula is C9H15N7. The van der Waals surface area contributed by atoms with Crippen molar-refractivity contribution in [3.8, 4) is 0 Å². The maximum absolute atomic E-state index is 5.53. The standard InChI is InChI=1S/C9H15N7/c1-15-4-3-11-9(15)8(12-10)5-7-6-16(2)14-13-7/h3-4,6,8,12H,5,10H2,1-2H3. The van der Waals surface area contributed by atoms with Gasteiger partial charge in [-0.2, -0.15) is 0 Å². The first-order chi connectivity index (χ1) is 7.70.